The largest absolute Gasteiger partial charge is 0.361 e. The van der Waals surface area contributed by atoms with Crippen molar-refractivity contribution in [2.24, 2.45) is 0 Å². The van der Waals surface area contributed by atoms with Crippen molar-refractivity contribution in [2.75, 3.05) is 7.05 Å². The normalized spacial score (nSPS) is 25.7. The summed E-state index contributed by atoms with van der Waals surface area (Å²) in [6.45, 7) is 2.14. The van der Waals surface area contributed by atoms with Gasteiger partial charge in [0.1, 0.15) is 0 Å². The van der Waals surface area contributed by atoms with Crippen LogP contribution in [-0.2, 0) is 0 Å². The number of fused-ring (bicyclic) bond motifs is 1. The Labute approximate surface area is 78.4 Å². The molecule has 2 rings (SSSR count). The van der Waals surface area contributed by atoms with E-state index >= 15 is 0 Å². The highest BCUT2D eigenvalue weighted by Gasteiger charge is 2.16. The van der Waals surface area contributed by atoms with Gasteiger partial charge in [0, 0.05) is 11.9 Å². The Morgan fingerprint density at radius 1 is 1.31 bits per heavy atom. The van der Waals surface area contributed by atoms with Crippen LogP contribution in [0.4, 0.5) is 0 Å². The second kappa shape index (κ2) is 2.89. The molecule has 1 aromatic rings. The van der Waals surface area contributed by atoms with Crippen LogP contribution in [-0.4, -0.2) is 17.6 Å². The number of H-pyrrole nitrogens is 1. The van der Waals surface area contributed by atoms with E-state index in [1.54, 1.807) is 0 Å². The van der Waals surface area contributed by atoms with E-state index in [1.807, 2.05) is 13.2 Å². The van der Waals surface area contributed by atoms with E-state index in [9.17, 15) is 0 Å². The Balaban J connectivity index is 2.43. The molecule has 0 fully saturated rings. The zero-order valence-corrected chi connectivity index (χ0v) is 7.96. The van der Waals surface area contributed by atoms with Crippen LogP contribution in [0.15, 0.2) is 24.4 Å². The van der Waals surface area contributed by atoms with Crippen molar-refractivity contribution < 1.29 is 0 Å². The summed E-state index contributed by atoms with van der Waals surface area (Å²) in [5, 5.41) is 3.26. The van der Waals surface area contributed by atoms with Crippen molar-refractivity contribution in [3.63, 3.8) is 0 Å². The topological polar surface area (TPSA) is 27.8 Å². The summed E-state index contributed by atoms with van der Waals surface area (Å²) in [5.74, 6) is 0. The summed E-state index contributed by atoms with van der Waals surface area (Å²) >= 11 is 0. The molecule has 0 saturated heterocycles. The van der Waals surface area contributed by atoms with Gasteiger partial charge in [-0.25, -0.2) is 0 Å². The molecule has 2 nitrogen and oxygen atoms in total. The average molecular weight is 174 g/mol. The number of nitrogens with one attached hydrogen (secondary N) is 2. The molecule has 0 aromatic carbocycles. The zero-order valence-electron chi connectivity index (χ0n) is 7.96. The summed E-state index contributed by atoms with van der Waals surface area (Å²) < 4.78 is 0. The van der Waals surface area contributed by atoms with Gasteiger partial charge in [-0.15, -0.1) is 0 Å². The van der Waals surface area contributed by atoms with Crippen LogP contribution in [0, 0.1) is 0 Å². The molecule has 0 saturated carbocycles. The van der Waals surface area contributed by atoms with Crippen molar-refractivity contribution in [1.82, 2.24) is 10.3 Å². The summed E-state index contributed by atoms with van der Waals surface area (Å²) in [4.78, 5) is 3.19. The van der Waals surface area contributed by atoms with Crippen molar-refractivity contribution >= 4 is 12.2 Å². The molecule has 1 heterocycles. The number of hydrogen-bond donors (Lipinski definition) is 2. The van der Waals surface area contributed by atoms with Crippen LogP contribution < -0.4 is 5.32 Å². The van der Waals surface area contributed by atoms with Gasteiger partial charge < -0.3 is 10.3 Å². The Morgan fingerprint density at radius 3 is 2.85 bits per heavy atom. The van der Waals surface area contributed by atoms with Gasteiger partial charge in [0.05, 0.1) is 5.54 Å². The first-order valence-electron chi connectivity index (χ1n) is 4.48. The maximum atomic E-state index is 3.26. The minimum atomic E-state index is -0.0279. The standard InChI is InChI=1S/C11H14N2/c1-11(12-2)6-3-9-5-8-13-10(9)4-7-11/h3-8,12-13H,1-2H3. The average Bonchev–Trinajstić information content (AvgIpc) is 2.54. The van der Waals surface area contributed by atoms with Crippen molar-refractivity contribution in [2.45, 2.75) is 12.5 Å². The van der Waals surface area contributed by atoms with E-state index in [4.69, 9.17) is 0 Å². The van der Waals surface area contributed by atoms with Crippen LogP contribution >= 0.6 is 0 Å². The van der Waals surface area contributed by atoms with Crippen LogP contribution in [0.1, 0.15) is 18.2 Å². The molecule has 2 N–H and O–H groups in total. The van der Waals surface area contributed by atoms with E-state index < -0.39 is 0 Å². The van der Waals surface area contributed by atoms with Gasteiger partial charge in [-0.05, 0) is 31.7 Å². The van der Waals surface area contributed by atoms with E-state index in [1.165, 1.54) is 11.3 Å². The number of aromatic nitrogens is 1. The molecule has 2 heteroatoms. The highest BCUT2D eigenvalue weighted by atomic mass is 14.9. The van der Waals surface area contributed by atoms with Gasteiger partial charge in [0.25, 0.3) is 0 Å². The zero-order chi connectivity index (χ0) is 9.31. The number of aromatic amines is 1. The van der Waals surface area contributed by atoms with Gasteiger partial charge in [0.2, 0.25) is 0 Å². The molecule has 1 aliphatic rings. The fraction of sp³-hybridized carbons (Fsp3) is 0.273. The van der Waals surface area contributed by atoms with Crippen LogP contribution in [0.5, 0.6) is 0 Å². The first-order chi connectivity index (χ1) is 6.23. The predicted octanol–water partition coefficient (Wildman–Crippen LogP) is 2.03. The second-order valence-corrected chi connectivity index (χ2v) is 3.55. The summed E-state index contributed by atoms with van der Waals surface area (Å²) in [6, 6.07) is 2.08. The van der Waals surface area contributed by atoms with Gasteiger partial charge >= 0.3 is 0 Å². The van der Waals surface area contributed by atoms with E-state index in [-0.39, 0.29) is 5.54 Å². The third kappa shape index (κ3) is 1.45. The van der Waals surface area contributed by atoms with Crippen molar-refractivity contribution in [1.29, 1.82) is 0 Å². The minimum absolute atomic E-state index is 0.0279. The van der Waals surface area contributed by atoms with Gasteiger partial charge in [-0.1, -0.05) is 18.2 Å². The SMILES string of the molecule is CNC1(C)C=Cc2cc[nH]c2C=C1. The molecule has 0 bridgehead atoms. The van der Waals surface area contributed by atoms with Gasteiger partial charge in [-0.2, -0.15) is 0 Å². The fourth-order valence-electron chi connectivity index (χ4n) is 1.43. The van der Waals surface area contributed by atoms with Crippen LogP contribution in [0.25, 0.3) is 12.2 Å². The maximum absolute atomic E-state index is 3.26. The molecule has 13 heavy (non-hydrogen) atoms. The minimum Gasteiger partial charge on any atom is -0.361 e. The molecular formula is C11H14N2. The first-order valence-corrected chi connectivity index (χ1v) is 4.48. The van der Waals surface area contributed by atoms with Crippen LogP contribution in [0.2, 0.25) is 0 Å². The highest BCUT2D eigenvalue weighted by Crippen LogP contribution is 2.20. The van der Waals surface area contributed by atoms with Crippen molar-refractivity contribution in [3.05, 3.63) is 35.7 Å². The summed E-state index contributed by atoms with van der Waals surface area (Å²) in [5.41, 5.74) is 2.39. The van der Waals surface area contributed by atoms with Crippen molar-refractivity contribution in [3.8, 4) is 0 Å². The molecule has 0 radical (unpaired) electrons. The molecule has 0 amide bonds. The lowest BCUT2D eigenvalue weighted by Crippen LogP contribution is -2.34. The molecule has 1 aromatic heterocycles. The van der Waals surface area contributed by atoms with Gasteiger partial charge in [0.15, 0.2) is 0 Å². The molecule has 0 spiro atoms. The smallest absolute Gasteiger partial charge is 0.0526 e. The second-order valence-electron chi connectivity index (χ2n) is 3.55. The first kappa shape index (κ1) is 8.32. The lowest BCUT2D eigenvalue weighted by molar-refractivity contribution is 0.593. The third-order valence-corrected chi connectivity index (χ3v) is 2.56. The quantitative estimate of drug-likeness (QED) is 0.670. The summed E-state index contributed by atoms with van der Waals surface area (Å²) in [6.07, 6.45) is 10.5. The maximum Gasteiger partial charge on any atom is 0.0526 e. The fourth-order valence-corrected chi connectivity index (χ4v) is 1.43. The van der Waals surface area contributed by atoms with E-state index in [2.05, 4.69) is 47.6 Å². The molecule has 1 unspecified atom stereocenters. The lowest BCUT2D eigenvalue weighted by Gasteiger charge is -2.19. The molecule has 68 valence electrons. The highest BCUT2D eigenvalue weighted by molar-refractivity contribution is 5.67. The number of rotatable bonds is 1. The molecular weight excluding hydrogens is 160 g/mol. The Hall–Kier alpha value is -1.28. The Morgan fingerprint density at radius 2 is 2.08 bits per heavy atom. The number of likely N-dealkylation sites (N-methyl/N-ethyl adjacent to an activating group) is 1. The molecule has 1 atom stereocenters. The lowest BCUT2D eigenvalue weighted by atomic mass is 10.0. The van der Waals surface area contributed by atoms with E-state index in [0.717, 1.165) is 0 Å². The molecule has 1 aliphatic carbocycles. The summed E-state index contributed by atoms with van der Waals surface area (Å²) in [7, 11) is 1.97. The number of hydrogen-bond acceptors (Lipinski definition) is 1. The predicted molar refractivity (Wildman–Crippen MR) is 56.3 cm³/mol. The Bertz CT molecular complexity index is 329. The van der Waals surface area contributed by atoms with E-state index in [0.29, 0.717) is 0 Å². The third-order valence-electron chi connectivity index (χ3n) is 2.56. The monoisotopic (exact) mass is 174 g/mol. The van der Waals surface area contributed by atoms with Crippen LogP contribution in [0.3, 0.4) is 0 Å². The van der Waals surface area contributed by atoms with Gasteiger partial charge in [-0.3, -0.25) is 0 Å². The molecule has 0 aliphatic heterocycles. The Kier molecular flexibility index (Phi) is 1.85.